The van der Waals surface area contributed by atoms with Gasteiger partial charge in [0.25, 0.3) is 0 Å². The van der Waals surface area contributed by atoms with E-state index in [1.54, 1.807) is 0 Å². The molecule has 0 fully saturated rings. The van der Waals surface area contributed by atoms with Crippen molar-refractivity contribution in [2.75, 3.05) is 12.0 Å². The third-order valence-electron chi connectivity index (χ3n) is 0.867. The maximum Gasteiger partial charge on any atom is 1.00 e. The molecule has 0 aromatic heterocycles. The van der Waals surface area contributed by atoms with Crippen LogP contribution in [0, 0.1) is 0 Å². The van der Waals surface area contributed by atoms with Gasteiger partial charge in [-0.2, -0.15) is 11.8 Å². The van der Waals surface area contributed by atoms with E-state index in [0.717, 1.165) is 0 Å². The Morgan fingerprint density at radius 1 is 1.80 bits per heavy atom. The fraction of sp³-hybridized carbons (Fsp3) is 0.800. The predicted molar refractivity (Wildman–Crippen MR) is 34.0 cm³/mol. The summed E-state index contributed by atoms with van der Waals surface area (Å²) < 4.78 is 0. The van der Waals surface area contributed by atoms with Crippen molar-refractivity contribution in [3.05, 3.63) is 0 Å². The summed E-state index contributed by atoms with van der Waals surface area (Å²) in [5, 5.41) is 18.4. The van der Waals surface area contributed by atoms with Crippen LogP contribution in [0.5, 0.6) is 0 Å². The van der Waals surface area contributed by atoms with E-state index in [2.05, 4.69) is 0 Å². The zero-order valence-corrected chi connectivity index (χ0v) is 8.98. The van der Waals surface area contributed by atoms with Crippen LogP contribution in [0.3, 0.4) is 0 Å². The van der Waals surface area contributed by atoms with Crippen molar-refractivity contribution >= 4 is 17.7 Å². The fourth-order valence-corrected chi connectivity index (χ4v) is 0.806. The largest absolute Gasteiger partial charge is 1.00 e. The van der Waals surface area contributed by atoms with E-state index >= 15 is 0 Å². The van der Waals surface area contributed by atoms with E-state index in [4.69, 9.17) is 5.11 Å². The third kappa shape index (κ3) is 6.89. The molecule has 54 valence electrons. The molecule has 10 heavy (non-hydrogen) atoms. The first kappa shape index (κ1) is 13.4. The molecule has 0 aliphatic heterocycles. The number of carboxylic acids is 1. The molecule has 0 aromatic rings. The van der Waals surface area contributed by atoms with Crippen molar-refractivity contribution < 1.29 is 44.6 Å². The van der Waals surface area contributed by atoms with Crippen LogP contribution < -0.4 is 34.7 Å². The Hall–Kier alpha value is 0.780. The van der Waals surface area contributed by atoms with Crippen LogP contribution in [0.1, 0.15) is 6.42 Å². The number of hydrogen-bond acceptors (Lipinski definition) is 4. The van der Waals surface area contributed by atoms with Gasteiger partial charge in [0, 0.05) is 0 Å². The summed E-state index contributed by atoms with van der Waals surface area (Å²) in [5.41, 5.74) is 0. The molecule has 0 bridgehead atoms. The minimum absolute atomic E-state index is 0. The van der Waals surface area contributed by atoms with Gasteiger partial charge >= 0.3 is 29.6 Å². The summed E-state index contributed by atoms with van der Waals surface area (Å²) in [5.74, 6) is -0.737. The Morgan fingerprint density at radius 2 is 2.30 bits per heavy atom. The first-order valence-corrected chi connectivity index (χ1v) is 3.95. The van der Waals surface area contributed by atoms with E-state index < -0.39 is 12.1 Å². The van der Waals surface area contributed by atoms with Crippen molar-refractivity contribution in [3.8, 4) is 0 Å². The zero-order valence-electron chi connectivity index (χ0n) is 6.16. The summed E-state index contributed by atoms with van der Waals surface area (Å²) in [6, 6.07) is 0. The maximum absolute atomic E-state index is 9.83. The number of thioether (sulfide) groups is 1. The molecule has 0 saturated heterocycles. The molecule has 0 aliphatic rings. The second-order valence-electron chi connectivity index (χ2n) is 1.62. The number of carbonyl (C=O) groups excluding carboxylic acids is 1. The van der Waals surface area contributed by atoms with Crippen molar-refractivity contribution in [3.63, 3.8) is 0 Å². The number of aliphatic carboxylic acids is 1. The summed E-state index contributed by atoms with van der Waals surface area (Å²) in [4.78, 5) is 9.83. The number of carboxylic acid groups (broad SMARTS) is 1. The number of hydrogen-bond donors (Lipinski definition) is 1. The SMILES string of the molecule is CSCCC(O)C(=O)[O-].[Na+]. The predicted octanol–water partition coefficient (Wildman–Crippen LogP) is -4.15. The van der Waals surface area contributed by atoms with Gasteiger partial charge < -0.3 is 15.0 Å². The Morgan fingerprint density at radius 3 is 2.60 bits per heavy atom. The molecule has 0 amide bonds. The van der Waals surface area contributed by atoms with Crippen LogP contribution in [0.4, 0.5) is 0 Å². The van der Waals surface area contributed by atoms with E-state index in [1.165, 1.54) is 11.8 Å². The van der Waals surface area contributed by atoms with Crippen LogP contribution in [0.2, 0.25) is 0 Å². The van der Waals surface area contributed by atoms with Gasteiger partial charge in [0.05, 0.1) is 12.1 Å². The standard InChI is InChI=1S/C5H10O3S.Na/c1-9-3-2-4(6)5(7)8;/h4,6H,2-3H2,1H3,(H,7,8);/q;+1/p-1. The molecular formula is C5H9NaO3S. The van der Waals surface area contributed by atoms with E-state index in [0.29, 0.717) is 5.75 Å². The van der Waals surface area contributed by atoms with Gasteiger partial charge in [0.2, 0.25) is 0 Å². The van der Waals surface area contributed by atoms with Crippen molar-refractivity contribution in [2.24, 2.45) is 0 Å². The molecule has 3 nitrogen and oxygen atoms in total. The number of aliphatic hydroxyl groups excluding tert-OH is 1. The molecule has 0 spiro atoms. The van der Waals surface area contributed by atoms with Crippen LogP contribution >= 0.6 is 11.8 Å². The average Bonchev–Trinajstić information content (AvgIpc) is 1.82. The van der Waals surface area contributed by atoms with Gasteiger partial charge in [0.1, 0.15) is 0 Å². The van der Waals surface area contributed by atoms with Gasteiger partial charge in [-0.25, -0.2) is 0 Å². The minimum atomic E-state index is -1.39. The van der Waals surface area contributed by atoms with Gasteiger partial charge in [-0.15, -0.1) is 0 Å². The second kappa shape index (κ2) is 7.88. The Bertz CT molecular complexity index is 98.9. The monoisotopic (exact) mass is 172 g/mol. The molecule has 5 heteroatoms. The van der Waals surface area contributed by atoms with E-state index in [1.807, 2.05) is 6.26 Å². The maximum atomic E-state index is 9.83. The summed E-state index contributed by atoms with van der Waals surface area (Å²) in [7, 11) is 0. The molecule has 1 unspecified atom stereocenters. The second-order valence-corrected chi connectivity index (χ2v) is 2.60. The van der Waals surface area contributed by atoms with Gasteiger partial charge in [0.15, 0.2) is 0 Å². The fourth-order valence-electron chi connectivity index (χ4n) is 0.347. The van der Waals surface area contributed by atoms with E-state index in [-0.39, 0.29) is 36.0 Å². The number of aliphatic hydroxyl groups is 1. The van der Waals surface area contributed by atoms with Gasteiger partial charge in [-0.1, -0.05) is 0 Å². The number of rotatable bonds is 4. The number of carbonyl (C=O) groups is 1. The third-order valence-corrected chi connectivity index (χ3v) is 1.51. The first-order valence-electron chi connectivity index (χ1n) is 2.56. The van der Waals surface area contributed by atoms with E-state index in [9.17, 15) is 9.90 Å². The van der Waals surface area contributed by atoms with Crippen molar-refractivity contribution in [1.82, 2.24) is 0 Å². The van der Waals surface area contributed by atoms with Crippen molar-refractivity contribution in [2.45, 2.75) is 12.5 Å². The Balaban J connectivity index is 0. The normalized spacial score (nSPS) is 11.8. The molecule has 1 atom stereocenters. The molecule has 0 radical (unpaired) electrons. The molecule has 0 heterocycles. The Kier molecular flexibility index (Phi) is 10.5. The molecular weight excluding hydrogens is 163 g/mol. The molecule has 1 N–H and O–H groups in total. The molecule has 0 rings (SSSR count). The van der Waals surface area contributed by atoms with Crippen LogP contribution in [0.25, 0.3) is 0 Å². The summed E-state index contributed by atoms with van der Waals surface area (Å²) in [6.07, 6.45) is 0.823. The summed E-state index contributed by atoms with van der Waals surface area (Å²) >= 11 is 1.50. The topological polar surface area (TPSA) is 60.4 Å². The van der Waals surface area contributed by atoms with Crippen LogP contribution in [-0.2, 0) is 4.79 Å². The average molecular weight is 172 g/mol. The first-order chi connectivity index (χ1) is 4.18. The zero-order chi connectivity index (χ0) is 7.28. The van der Waals surface area contributed by atoms with Gasteiger partial charge in [-0.05, 0) is 18.4 Å². The smallest absolute Gasteiger partial charge is 0.547 e. The molecule has 0 aliphatic carbocycles. The molecule has 0 aromatic carbocycles. The Labute approximate surface area is 86.5 Å². The van der Waals surface area contributed by atoms with Crippen LogP contribution in [-0.4, -0.2) is 29.2 Å². The van der Waals surface area contributed by atoms with Crippen LogP contribution in [0.15, 0.2) is 0 Å². The quantitative estimate of drug-likeness (QED) is 0.437. The minimum Gasteiger partial charge on any atom is -0.547 e. The molecule has 0 saturated carbocycles. The van der Waals surface area contributed by atoms with Crippen molar-refractivity contribution in [1.29, 1.82) is 0 Å². The van der Waals surface area contributed by atoms with Gasteiger partial charge in [-0.3, -0.25) is 0 Å². The summed E-state index contributed by atoms with van der Waals surface area (Å²) in [6.45, 7) is 0.